The molecule has 0 radical (unpaired) electrons. The van der Waals surface area contributed by atoms with E-state index in [4.69, 9.17) is 0 Å². The van der Waals surface area contributed by atoms with Gasteiger partial charge in [-0.1, -0.05) is 44.8 Å². The van der Waals surface area contributed by atoms with Gasteiger partial charge in [0.05, 0.1) is 6.10 Å². The zero-order valence-corrected chi connectivity index (χ0v) is 8.71. The molecule has 1 aliphatic rings. The molecule has 1 nitrogen and oxygen atoms in total. The van der Waals surface area contributed by atoms with Crippen molar-refractivity contribution in [3.63, 3.8) is 0 Å². The van der Waals surface area contributed by atoms with Crippen molar-refractivity contribution in [3.8, 4) is 0 Å². The summed E-state index contributed by atoms with van der Waals surface area (Å²) in [5, 5.41) is 9.81. The molecule has 13 heavy (non-hydrogen) atoms. The summed E-state index contributed by atoms with van der Waals surface area (Å²) in [6.45, 7) is 2.16. The first-order chi connectivity index (χ1) is 6.34. The lowest BCUT2D eigenvalue weighted by Gasteiger charge is -2.24. The molecule has 0 aromatic carbocycles. The summed E-state index contributed by atoms with van der Waals surface area (Å²) >= 11 is 0. The number of unbranched alkanes of at least 4 members (excludes halogenated alkanes) is 1. The topological polar surface area (TPSA) is 20.2 Å². The Morgan fingerprint density at radius 2 is 2.00 bits per heavy atom. The highest BCUT2D eigenvalue weighted by Gasteiger charge is 2.18. The third-order valence-electron chi connectivity index (χ3n) is 2.92. The van der Waals surface area contributed by atoms with Gasteiger partial charge in [0.2, 0.25) is 0 Å². The molecule has 1 fully saturated rings. The zero-order chi connectivity index (χ0) is 9.52. The van der Waals surface area contributed by atoms with Gasteiger partial charge in [-0.2, -0.15) is 0 Å². The lowest BCUT2D eigenvalue weighted by Crippen LogP contribution is -2.20. The van der Waals surface area contributed by atoms with E-state index in [1.54, 1.807) is 0 Å². The Morgan fingerprint density at radius 1 is 1.31 bits per heavy atom. The van der Waals surface area contributed by atoms with Crippen LogP contribution in [0.25, 0.3) is 0 Å². The fraction of sp³-hybridized carbons (Fsp3) is 0.833. The molecule has 1 rings (SSSR count). The van der Waals surface area contributed by atoms with Crippen LogP contribution in [0.3, 0.4) is 0 Å². The minimum atomic E-state index is -0.174. The summed E-state index contributed by atoms with van der Waals surface area (Å²) in [4.78, 5) is 0. The molecule has 0 aromatic heterocycles. The van der Waals surface area contributed by atoms with Crippen molar-refractivity contribution in [2.75, 3.05) is 0 Å². The van der Waals surface area contributed by atoms with Gasteiger partial charge in [0.1, 0.15) is 0 Å². The second kappa shape index (κ2) is 6.20. The molecule has 1 saturated carbocycles. The summed E-state index contributed by atoms with van der Waals surface area (Å²) in [6.07, 6.45) is 12.6. The van der Waals surface area contributed by atoms with Crippen molar-refractivity contribution in [3.05, 3.63) is 12.2 Å². The van der Waals surface area contributed by atoms with Crippen LogP contribution in [0.2, 0.25) is 0 Å². The van der Waals surface area contributed by atoms with E-state index in [9.17, 15) is 5.11 Å². The fourth-order valence-electron chi connectivity index (χ4n) is 2.04. The first-order valence-electron chi connectivity index (χ1n) is 5.69. The fourth-order valence-corrected chi connectivity index (χ4v) is 2.04. The van der Waals surface area contributed by atoms with Crippen LogP contribution in [0.15, 0.2) is 12.2 Å². The summed E-state index contributed by atoms with van der Waals surface area (Å²) < 4.78 is 0. The predicted molar refractivity (Wildman–Crippen MR) is 56.6 cm³/mol. The molecule has 1 heteroatoms. The van der Waals surface area contributed by atoms with Gasteiger partial charge in [0.25, 0.3) is 0 Å². The number of hydrogen-bond donors (Lipinski definition) is 1. The van der Waals surface area contributed by atoms with Crippen LogP contribution in [0.1, 0.15) is 51.9 Å². The van der Waals surface area contributed by atoms with Crippen molar-refractivity contribution in [2.24, 2.45) is 5.92 Å². The molecular weight excluding hydrogens is 160 g/mol. The van der Waals surface area contributed by atoms with E-state index in [2.05, 4.69) is 13.0 Å². The van der Waals surface area contributed by atoms with E-state index in [1.807, 2.05) is 6.08 Å². The van der Waals surface area contributed by atoms with E-state index in [0.717, 1.165) is 6.42 Å². The average Bonchev–Trinajstić information content (AvgIpc) is 2.19. The van der Waals surface area contributed by atoms with Crippen LogP contribution in [0.5, 0.6) is 0 Å². The molecule has 0 heterocycles. The standard InChI is InChI=1S/C12H22O/c1-2-3-5-10-12(13)11-8-6-4-7-9-11/h5,10-13H,2-4,6-9H2,1H3/b10-5+. The van der Waals surface area contributed by atoms with E-state index in [-0.39, 0.29) is 6.10 Å². The third kappa shape index (κ3) is 3.95. The van der Waals surface area contributed by atoms with Crippen LogP contribution >= 0.6 is 0 Å². The molecule has 0 saturated heterocycles. The van der Waals surface area contributed by atoms with Gasteiger partial charge in [-0.15, -0.1) is 0 Å². The van der Waals surface area contributed by atoms with E-state index in [1.165, 1.54) is 38.5 Å². The molecule has 1 N–H and O–H groups in total. The minimum Gasteiger partial charge on any atom is -0.389 e. The number of hydrogen-bond acceptors (Lipinski definition) is 1. The summed E-state index contributed by atoms with van der Waals surface area (Å²) in [7, 11) is 0. The van der Waals surface area contributed by atoms with Crippen molar-refractivity contribution in [1.29, 1.82) is 0 Å². The highest BCUT2D eigenvalue weighted by atomic mass is 16.3. The first-order valence-corrected chi connectivity index (χ1v) is 5.69. The van der Waals surface area contributed by atoms with Crippen LogP contribution in [0.4, 0.5) is 0 Å². The van der Waals surface area contributed by atoms with Crippen LogP contribution < -0.4 is 0 Å². The van der Waals surface area contributed by atoms with Crippen LogP contribution in [-0.4, -0.2) is 11.2 Å². The molecule has 0 amide bonds. The normalized spacial score (nSPS) is 22.3. The summed E-state index contributed by atoms with van der Waals surface area (Å²) in [5.74, 6) is 0.543. The molecule has 0 spiro atoms. The second-order valence-electron chi connectivity index (χ2n) is 4.11. The Hall–Kier alpha value is -0.300. The third-order valence-corrected chi connectivity index (χ3v) is 2.92. The molecule has 0 aliphatic heterocycles. The van der Waals surface area contributed by atoms with Crippen molar-refractivity contribution in [2.45, 2.75) is 58.0 Å². The molecule has 1 aliphatic carbocycles. The number of rotatable bonds is 4. The van der Waals surface area contributed by atoms with Gasteiger partial charge in [0.15, 0.2) is 0 Å². The molecular formula is C12H22O. The molecule has 76 valence electrons. The maximum Gasteiger partial charge on any atom is 0.0749 e. The van der Waals surface area contributed by atoms with Crippen molar-refractivity contribution >= 4 is 0 Å². The van der Waals surface area contributed by atoms with E-state index in [0.29, 0.717) is 5.92 Å². The minimum absolute atomic E-state index is 0.174. The Balaban J connectivity index is 2.24. The molecule has 0 aromatic rings. The molecule has 0 bridgehead atoms. The highest BCUT2D eigenvalue weighted by molar-refractivity contribution is 4.92. The van der Waals surface area contributed by atoms with Gasteiger partial charge in [-0.05, 0) is 25.2 Å². The van der Waals surface area contributed by atoms with Crippen molar-refractivity contribution in [1.82, 2.24) is 0 Å². The zero-order valence-electron chi connectivity index (χ0n) is 8.71. The number of aliphatic hydroxyl groups excluding tert-OH is 1. The first kappa shape index (κ1) is 10.8. The number of allylic oxidation sites excluding steroid dienone is 1. The lowest BCUT2D eigenvalue weighted by atomic mass is 9.85. The monoisotopic (exact) mass is 182 g/mol. The SMILES string of the molecule is CCC/C=C/C(O)C1CCCCC1. The highest BCUT2D eigenvalue weighted by Crippen LogP contribution is 2.26. The van der Waals surface area contributed by atoms with Gasteiger partial charge >= 0.3 is 0 Å². The average molecular weight is 182 g/mol. The molecule has 1 unspecified atom stereocenters. The maximum absolute atomic E-state index is 9.81. The Labute approximate surface area is 81.9 Å². The summed E-state index contributed by atoms with van der Waals surface area (Å²) in [5.41, 5.74) is 0. The van der Waals surface area contributed by atoms with Crippen LogP contribution in [-0.2, 0) is 0 Å². The van der Waals surface area contributed by atoms with E-state index >= 15 is 0 Å². The second-order valence-corrected chi connectivity index (χ2v) is 4.11. The number of aliphatic hydroxyl groups is 1. The largest absolute Gasteiger partial charge is 0.389 e. The van der Waals surface area contributed by atoms with Gasteiger partial charge in [-0.25, -0.2) is 0 Å². The Bertz CT molecular complexity index is 145. The van der Waals surface area contributed by atoms with E-state index < -0.39 is 0 Å². The lowest BCUT2D eigenvalue weighted by molar-refractivity contribution is 0.125. The Morgan fingerprint density at radius 3 is 2.62 bits per heavy atom. The van der Waals surface area contributed by atoms with Gasteiger partial charge in [0, 0.05) is 0 Å². The van der Waals surface area contributed by atoms with Gasteiger partial charge in [-0.3, -0.25) is 0 Å². The van der Waals surface area contributed by atoms with Gasteiger partial charge < -0.3 is 5.11 Å². The summed E-state index contributed by atoms with van der Waals surface area (Å²) in [6, 6.07) is 0. The molecule has 1 atom stereocenters. The predicted octanol–water partition coefficient (Wildman–Crippen LogP) is 3.28. The van der Waals surface area contributed by atoms with Crippen LogP contribution in [0, 0.1) is 5.92 Å². The maximum atomic E-state index is 9.81. The smallest absolute Gasteiger partial charge is 0.0749 e. The quantitative estimate of drug-likeness (QED) is 0.661. The Kier molecular flexibility index (Phi) is 5.14. The van der Waals surface area contributed by atoms with Crippen molar-refractivity contribution < 1.29 is 5.11 Å².